The number of allylic oxidation sites excluding steroid dienone is 2. The highest BCUT2D eigenvalue weighted by atomic mass is 32.2. The van der Waals surface area contributed by atoms with E-state index in [9.17, 15) is 29.1 Å². The number of hydrogen-bond donors (Lipinski definition) is 3. The van der Waals surface area contributed by atoms with Crippen molar-refractivity contribution in [2.45, 2.75) is 75.4 Å². The van der Waals surface area contributed by atoms with Crippen LogP contribution < -0.4 is 16.1 Å². The summed E-state index contributed by atoms with van der Waals surface area (Å²) in [4.78, 5) is 81.8. The molecule has 2 aromatic heterocycles. The molecule has 15 nitrogen and oxygen atoms in total. The fourth-order valence-corrected chi connectivity index (χ4v) is 10.9. The van der Waals surface area contributed by atoms with Crippen LogP contribution in [0.15, 0.2) is 209 Å². The minimum Gasteiger partial charge on any atom is -0.503 e. The van der Waals surface area contributed by atoms with E-state index in [4.69, 9.17) is 19.3 Å². The third-order valence-corrected chi connectivity index (χ3v) is 14.7. The predicted molar refractivity (Wildman–Crippen MR) is 297 cm³/mol. The zero-order valence-corrected chi connectivity index (χ0v) is 44.5. The van der Waals surface area contributed by atoms with Crippen molar-refractivity contribution in [3.8, 4) is 5.75 Å². The zero-order chi connectivity index (χ0) is 54.3. The van der Waals surface area contributed by atoms with Gasteiger partial charge in [-0.25, -0.2) is 14.6 Å². The normalized spacial score (nSPS) is 15.9. The number of anilines is 1. The van der Waals surface area contributed by atoms with Crippen molar-refractivity contribution in [2.24, 2.45) is 5.16 Å². The van der Waals surface area contributed by atoms with Gasteiger partial charge >= 0.3 is 11.9 Å². The van der Waals surface area contributed by atoms with Crippen molar-refractivity contribution in [3.05, 3.63) is 243 Å². The van der Waals surface area contributed by atoms with Crippen LogP contribution in [-0.2, 0) is 45.6 Å². The number of thiazole rings is 1. The number of β-lactam (4-membered cyclic amide) rings is 1. The first-order valence-electron chi connectivity index (χ1n) is 24.8. The van der Waals surface area contributed by atoms with Gasteiger partial charge in [-0.15, -0.1) is 23.1 Å². The van der Waals surface area contributed by atoms with Crippen LogP contribution in [0.1, 0.15) is 74.2 Å². The lowest BCUT2D eigenvalue weighted by molar-refractivity contribution is -0.179. The first-order chi connectivity index (χ1) is 37.0. The first kappa shape index (κ1) is 53.3. The number of pyridine rings is 1. The highest BCUT2D eigenvalue weighted by Crippen LogP contribution is 2.43. The molecule has 17 heteroatoms. The minimum absolute atomic E-state index is 0.00889. The second-order valence-electron chi connectivity index (χ2n) is 19.7. The molecule has 2 amide bonds. The number of benzene rings is 5. The zero-order valence-electron chi connectivity index (χ0n) is 42.9. The number of hydrogen-bond acceptors (Lipinski definition) is 14. The Kier molecular flexibility index (Phi) is 15.7. The van der Waals surface area contributed by atoms with Crippen LogP contribution in [0, 0.1) is 0 Å². The van der Waals surface area contributed by atoms with Crippen LogP contribution in [-0.4, -0.2) is 77.4 Å². The summed E-state index contributed by atoms with van der Waals surface area (Å²) in [5, 5.41) is 22.2. The average Bonchev–Trinajstić information content (AvgIpc) is 3.90. The summed E-state index contributed by atoms with van der Waals surface area (Å²) >= 11 is 2.55. The standard InChI is InChI=1S/C60H56N6O9S2/c1-58(2,3)74-56(72)59(4,5)75-64-48(45-38-77-57(61-45)63-60(42-27-15-8-16-28-42,43-29-17-9-18-30-43)44-31-19-10-20-32-44)52(69)62-49-53(70)66-50(41(37-76-54(49)66)26-21-34-65-35-33-46(67)47(68)36-65)55(71)73-51(39-22-11-6-12-23-39)40-24-13-7-14-25-40/h6-33,35-36,38,49,51,54,68H,34,37H2,1-5H3,(H,61,63)(H,62,69)/b26-21+,64-48-. The van der Waals surface area contributed by atoms with E-state index in [1.165, 1.54) is 60.3 Å². The Labute approximate surface area is 453 Å². The van der Waals surface area contributed by atoms with Crippen LogP contribution in [0.5, 0.6) is 5.75 Å². The van der Waals surface area contributed by atoms with Crippen molar-refractivity contribution < 1.29 is 38.6 Å². The van der Waals surface area contributed by atoms with E-state index < -0.39 is 69.2 Å². The highest BCUT2D eigenvalue weighted by Gasteiger charge is 2.55. The molecular weight excluding hydrogens is 1010 g/mol. The lowest BCUT2D eigenvalue weighted by atomic mass is 9.77. The van der Waals surface area contributed by atoms with Crippen LogP contribution in [0.2, 0.25) is 0 Å². The second-order valence-corrected chi connectivity index (χ2v) is 21.7. The molecule has 392 valence electrons. The van der Waals surface area contributed by atoms with E-state index in [2.05, 4.69) is 15.8 Å². The molecule has 77 heavy (non-hydrogen) atoms. The summed E-state index contributed by atoms with van der Waals surface area (Å²) < 4.78 is 13.6. The molecule has 1 fully saturated rings. The molecule has 0 bridgehead atoms. The molecule has 0 spiro atoms. The van der Waals surface area contributed by atoms with E-state index in [1.807, 2.05) is 152 Å². The van der Waals surface area contributed by atoms with Gasteiger partial charge in [0.25, 0.3) is 11.8 Å². The number of carbonyl (C=O) groups excluding carboxylic acids is 4. The number of esters is 2. The average molecular weight is 1070 g/mol. The monoisotopic (exact) mass is 1070 g/mol. The second kappa shape index (κ2) is 22.7. The third kappa shape index (κ3) is 11.8. The summed E-state index contributed by atoms with van der Waals surface area (Å²) in [6, 6.07) is 48.4. The molecule has 9 rings (SSSR count). The molecule has 2 unspecified atom stereocenters. The van der Waals surface area contributed by atoms with Crippen molar-refractivity contribution in [2.75, 3.05) is 11.1 Å². The molecule has 7 aromatic rings. The number of amides is 2. The summed E-state index contributed by atoms with van der Waals surface area (Å²) in [6.45, 7) is 8.32. The fraction of sp³-hybridized carbons (Fsp3) is 0.217. The number of carbonyl (C=O) groups is 4. The maximum Gasteiger partial charge on any atom is 0.356 e. The van der Waals surface area contributed by atoms with Crippen LogP contribution in [0.4, 0.5) is 5.13 Å². The first-order valence-corrected chi connectivity index (χ1v) is 26.7. The number of rotatable bonds is 18. The number of ether oxygens (including phenoxy) is 2. The van der Waals surface area contributed by atoms with E-state index >= 15 is 0 Å². The van der Waals surface area contributed by atoms with Gasteiger partial charge in [-0.05, 0) is 68.0 Å². The lowest BCUT2D eigenvalue weighted by Crippen LogP contribution is -2.71. The van der Waals surface area contributed by atoms with Crippen molar-refractivity contribution in [1.29, 1.82) is 0 Å². The Hall–Kier alpha value is -8.54. The summed E-state index contributed by atoms with van der Waals surface area (Å²) in [6.07, 6.45) is 5.43. The molecule has 2 aliphatic rings. The molecule has 0 aliphatic carbocycles. The third-order valence-electron chi connectivity index (χ3n) is 12.6. The van der Waals surface area contributed by atoms with Gasteiger partial charge in [0.1, 0.15) is 33.9 Å². The Morgan fingerprint density at radius 2 is 1.34 bits per heavy atom. The highest BCUT2D eigenvalue weighted by molar-refractivity contribution is 8.00. The van der Waals surface area contributed by atoms with Gasteiger partial charge in [0.2, 0.25) is 11.0 Å². The van der Waals surface area contributed by atoms with Crippen LogP contribution in [0.3, 0.4) is 0 Å². The Morgan fingerprint density at radius 3 is 1.87 bits per heavy atom. The quantitative estimate of drug-likeness (QED) is 0.0243. The van der Waals surface area contributed by atoms with Crippen molar-refractivity contribution in [3.63, 3.8) is 0 Å². The Balaban J connectivity index is 1.05. The smallest absolute Gasteiger partial charge is 0.356 e. The Morgan fingerprint density at radius 1 is 0.792 bits per heavy atom. The number of nitrogens with one attached hydrogen (secondary N) is 2. The largest absolute Gasteiger partial charge is 0.503 e. The number of oxime groups is 1. The summed E-state index contributed by atoms with van der Waals surface area (Å²) in [7, 11) is 0. The lowest BCUT2D eigenvalue weighted by Gasteiger charge is -2.49. The van der Waals surface area contributed by atoms with E-state index in [-0.39, 0.29) is 29.4 Å². The maximum atomic E-state index is 14.9. The Bertz CT molecular complexity index is 3280. The van der Waals surface area contributed by atoms with Gasteiger partial charge in [0, 0.05) is 29.9 Å². The summed E-state index contributed by atoms with van der Waals surface area (Å²) in [5.74, 6) is -3.12. The maximum absolute atomic E-state index is 14.9. The molecule has 5 aromatic carbocycles. The van der Waals surface area contributed by atoms with Crippen molar-refractivity contribution in [1.82, 2.24) is 19.8 Å². The molecular formula is C60H56N6O9S2. The van der Waals surface area contributed by atoms with Gasteiger partial charge in [-0.3, -0.25) is 19.3 Å². The molecule has 2 atom stereocenters. The van der Waals surface area contributed by atoms with Gasteiger partial charge in [0.05, 0.1) is 6.20 Å². The molecule has 3 N–H and O–H groups in total. The molecule has 0 radical (unpaired) electrons. The topological polar surface area (TPSA) is 191 Å². The number of aromatic nitrogens is 2. The summed E-state index contributed by atoms with van der Waals surface area (Å²) in [5.41, 5.74) is 0.357. The SMILES string of the molecule is CC(C)(C)OC(=O)C(C)(C)O/N=C(\C(=O)NC1C(=O)N2C(C(=O)OC(c3ccccc3)c3ccccc3)=C(/C=C/Cn3ccc(=O)c(O)c3)CSC12)c1csc(NC(c2ccccc2)(c2ccccc2)c2ccccc2)n1. The van der Waals surface area contributed by atoms with Gasteiger partial charge in [-0.2, -0.15) is 0 Å². The van der Waals surface area contributed by atoms with E-state index in [0.717, 1.165) is 16.7 Å². The fourth-order valence-electron chi connectivity index (χ4n) is 8.84. The van der Waals surface area contributed by atoms with Crippen LogP contribution in [0.25, 0.3) is 0 Å². The number of nitrogens with zero attached hydrogens (tertiary/aromatic N) is 4. The molecule has 4 heterocycles. The molecule has 0 saturated carbocycles. The minimum atomic E-state index is -1.68. The van der Waals surface area contributed by atoms with E-state index in [0.29, 0.717) is 21.8 Å². The molecule has 2 aliphatic heterocycles. The van der Waals surface area contributed by atoms with Crippen molar-refractivity contribution >= 4 is 57.7 Å². The predicted octanol–water partition coefficient (Wildman–Crippen LogP) is 9.50. The van der Waals surface area contributed by atoms with E-state index in [1.54, 1.807) is 42.9 Å². The number of thioether (sulfide) groups is 1. The van der Waals surface area contributed by atoms with Crippen LogP contribution >= 0.6 is 23.1 Å². The van der Waals surface area contributed by atoms with Gasteiger partial charge in [-0.1, -0.05) is 169 Å². The molecule has 1 saturated heterocycles. The number of fused-ring (bicyclic) bond motifs is 1. The van der Waals surface area contributed by atoms with Gasteiger partial charge < -0.3 is 34.6 Å². The van der Waals surface area contributed by atoms with Gasteiger partial charge in [0.15, 0.2) is 22.7 Å². The number of aromatic hydroxyl groups is 1.